The summed E-state index contributed by atoms with van der Waals surface area (Å²) in [6.07, 6.45) is 2.18. The van der Waals surface area contributed by atoms with Crippen LogP contribution in [0.5, 0.6) is 0 Å². The predicted octanol–water partition coefficient (Wildman–Crippen LogP) is 2.90. The van der Waals surface area contributed by atoms with Gasteiger partial charge in [0.05, 0.1) is 17.5 Å². The first-order valence-electron chi connectivity index (χ1n) is 8.29. The van der Waals surface area contributed by atoms with Crippen molar-refractivity contribution in [2.75, 3.05) is 23.7 Å². The molecule has 6 nitrogen and oxygen atoms in total. The zero-order valence-corrected chi connectivity index (χ0v) is 14.8. The largest absolute Gasteiger partial charge is 0.398 e. The summed E-state index contributed by atoms with van der Waals surface area (Å²) in [5.74, 6) is 0. The number of pyridine rings is 1. The molecule has 3 aromatic rings. The number of nitrogens with zero attached hydrogens (tertiary/aromatic N) is 4. The zero-order valence-electron chi connectivity index (χ0n) is 14.0. The van der Waals surface area contributed by atoms with E-state index in [1.807, 2.05) is 29.6 Å². The highest BCUT2D eigenvalue weighted by atomic mass is 32.1. The summed E-state index contributed by atoms with van der Waals surface area (Å²) < 4.78 is 0. The van der Waals surface area contributed by atoms with E-state index < -0.39 is 0 Å². The Hall–Kier alpha value is -2.95. The van der Waals surface area contributed by atoms with E-state index in [4.69, 9.17) is 5.73 Å². The molecule has 4 rings (SSSR count). The number of aliphatic hydroxyl groups excluding tert-OH is 1. The third kappa shape index (κ3) is 3.01. The number of aliphatic hydroxyl groups is 1. The van der Waals surface area contributed by atoms with E-state index in [2.05, 4.69) is 20.9 Å². The number of benzene rings is 1. The fourth-order valence-electron chi connectivity index (χ4n) is 3.18. The standard InChI is InChI=1S/C19H17N5OS/c20-10-15-16(21)9-17(19-22-5-7-26-19)23-18(15)12-2-1-3-13(8-12)24-6-4-14(25)11-24/h1-3,5,7-9,14,25H,4,6,11H2,(H2,21,23)/t14-/m1/s1. The van der Waals surface area contributed by atoms with Gasteiger partial charge < -0.3 is 15.7 Å². The van der Waals surface area contributed by atoms with E-state index >= 15 is 0 Å². The molecule has 0 radical (unpaired) electrons. The van der Waals surface area contributed by atoms with Crippen molar-refractivity contribution in [3.8, 4) is 28.0 Å². The highest BCUT2D eigenvalue weighted by molar-refractivity contribution is 7.13. The van der Waals surface area contributed by atoms with Gasteiger partial charge >= 0.3 is 0 Å². The van der Waals surface area contributed by atoms with Crippen LogP contribution in [0.1, 0.15) is 12.0 Å². The van der Waals surface area contributed by atoms with Gasteiger partial charge in [-0.15, -0.1) is 11.3 Å². The lowest BCUT2D eigenvalue weighted by molar-refractivity contribution is 0.198. The molecular weight excluding hydrogens is 346 g/mol. The van der Waals surface area contributed by atoms with Crippen LogP contribution in [0.2, 0.25) is 0 Å². The molecule has 1 aromatic carbocycles. The molecule has 3 N–H and O–H groups in total. The highest BCUT2D eigenvalue weighted by Gasteiger charge is 2.21. The van der Waals surface area contributed by atoms with Gasteiger partial charge in [-0.1, -0.05) is 12.1 Å². The van der Waals surface area contributed by atoms with Crippen LogP contribution in [0.4, 0.5) is 11.4 Å². The first-order chi connectivity index (χ1) is 12.7. The molecule has 1 fully saturated rings. The van der Waals surface area contributed by atoms with Crippen LogP contribution in [-0.2, 0) is 0 Å². The molecular formula is C19H17N5OS. The zero-order chi connectivity index (χ0) is 18.1. The van der Waals surface area contributed by atoms with Gasteiger partial charge in [0.15, 0.2) is 0 Å². The number of thiazole rings is 1. The van der Waals surface area contributed by atoms with E-state index in [0.717, 1.165) is 29.2 Å². The first kappa shape index (κ1) is 16.5. The van der Waals surface area contributed by atoms with Gasteiger partial charge in [-0.25, -0.2) is 9.97 Å². The molecule has 0 bridgehead atoms. The third-order valence-corrected chi connectivity index (χ3v) is 5.26. The molecule has 26 heavy (non-hydrogen) atoms. The molecule has 0 saturated carbocycles. The van der Waals surface area contributed by atoms with Crippen molar-refractivity contribution in [2.45, 2.75) is 12.5 Å². The van der Waals surface area contributed by atoms with Gasteiger partial charge in [0, 0.05) is 35.9 Å². The van der Waals surface area contributed by atoms with Gasteiger partial charge in [-0.3, -0.25) is 0 Å². The van der Waals surface area contributed by atoms with Crippen LogP contribution >= 0.6 is 11.3 Å². The number of nitriles is 1. The molecule has 0 amide bonds. The van der Waals surface area contributed by atoms with Gasteiger partial charge in [0.1, 0.15) is 22.3 Å². The van der Waals surface area contributed by atoms with Gasteiger partial charge in [-0.2, -0.15) is 5.26 Å². The maximum Gasteiger partial charge on any atom is 0.141 e. The Kier molecular flexibility index (Phi) is 4.29. The van der Waals surface area contributed by atoms with Crippen molar-refractivity contribution in [1.82, 2.24) is 9.97 Å². The van der Waals surface area contributed by atoms with Crippen LogP contribution in [-0.4, -0.2) is 34.3 Å². The third-order valence-electron chi connectivity index (χ3n) is 4.46. The molecule has 1 atom stereocenters. The summed E-state index contributed by atoms with van der Waals surface area (Å²) in [6.45, 7) is 1.42. The predicted molar refractivity (Wildman–Crippen MR) is 103 cm³/mol. The number of β-amino-alcohol motifs (C(OH)–C–C–N with tert-alkyl or cyclic N) is 1. The minimum atomic E-state index is -0.296. The van der Waals surface area contributed by atoms with Crippen LogP contribution in [0.25, 0.3) is 22.0 Å². The minimum Gasteiger partial charge on any atom is -0.398 e. The van der Waals surface area contributed by atoms with Crippen LogP contribution < -0.4 is 10.6 Å². The van der Waals surface area contributed by atoms with E-state index in [1.54, 1.807) is 12.3 Å². The maximum atomic E-state index is 9.79. The average molecular weight is 363 g/mol. The van der Waals surface area contributed by atoms with E-state index in [9.17, 15) is 10.4 Å². The van der Waals surface area contributed by atoms with Gasteiger partial charge in [-0.05, 0) is 24.6 Å². The monoisotopic (exact) mass is 363 g/mol. The van der Waals surface area contributed by atoms with Crippen molar-refractivity contribution < 1.29 is 5.11 Å². The summed E-state index contributed by atoms with van der Waals surface area (Å²) in [6, 6.07) is 11.7. The lowest BCUT2D eigenvalue weighted by Gasteiger charge is -2.19. The second-order valence-corrected chi connectivity index (χ2v) is 7.10. The Morgan fingerprint density at radius 3 is 2.92 bits per heavy atom. The summed E-state index contributed by atoms with van der Waals surface area (Å²) >= 11 is 1.48. The average Bonchev–Trinajstić information content (AvgIpc) is 3.33. The maximum absolute atomic E-state index is 9.79. The molecule has 0 aliphatic carbocycles. The summed E-state index contributed by atoms with van der Waals surface area (Å²) in [5.41, 5.74) is 9.93. The Morgan fingerprint density at radius 1 is 1.35 bits per heavy atom. The molecule has 0 spiro atoms. The molecule has 3 heterocycles. The Labute approximate surface area is 155 Å². The number of nitrogen functional groups attached to an aromatic ring is 1. The van der Waals surface area contributed by atoms with Crippen molar-refractivity contribution in [3.63, 3.8) is 0 Å². The second kappa shape index (κ2) is 6.75. The van der Waals surface area contributed by atoms with Crippen LogP contribution in [0.15, 0.2) is 41.9 Å². The fraction of sp³-hybridized carbons (Fsp3) is 0.211. The fourth-order valence-corrected chi connectivity index (χ4v) is 3.77. The van der Waals surface area contributed by atoms with E-state index in [0.29, 0.717) is 29.2 Å². The lowest BCUT2D eigenvalue weighted by Crippen LogP contribution is -2.21. The van der Waals surface area contributed by atoms with Crippen molar-refractivity contribution in [2.24, 2.45) is 0 Å². The van der Waals surface area contributed by atoms with Crippen molar-refractivity contribution in [1.29, 1.82) is 5.26 Å². The van der Waals surface area contributed by atoms with E-state index in [-0.39, 0.29) is 6.10 Å². The lowest BCUT2D eigenvalue weighted by atomic mass is 10.0. The Morgan fingerprint density at radius 2 is 2.23 bits per heavy atom. The SMILES string of the molecule is N#Cc1c(N)cc(-c2nccs2)nc1-c1cccc(N2CC[C@@H](O)C2)c1. The quantitative estimate of drug-likeness (QED) is 0.742. The number of anilines is 2. The molecule has 0 unspecified atom stereocenters. The smallest absolute Gasteiger partial charge is 0.141 e. The Balaban J connectivity index is 1.81. The molecule has 2 aromatic heterocycles. The van der Waals surface area contributed by atoms with Crippen molar-refractivity contribution >= 4 is 22.7 Å². The van der Waals surface area contributed by atoms with Crippen LogP contribution in [0.3, 0.4) is 0 Å². The Bertz CT molecular complexity index is 980. The summed E-state index contributed by atoms with van der Waals surface area (Å²) in [4.78, 5) is 11.1. The second-order valence-electron chi connectivity index (χ2n) is 6.21. The number of nitrogens with two attached hydrogens (primary N) is 1. The first-order valence-corrected chi connectivity index (χ1v) is 9.17. The van der Waals surface area contributed by atoms with Gasteiger partial charge in [0.25, 0.3) is 0 Å². The topological polar surface area (TPSA) is 99.1 Å². The summed E-state index contributed by atoms with van der Waals surface area (Å²) in [5, 5.41) is 22.0. The molecule has 1 aliphatic heterocycles. The van der Waals surface area contributed by atoms with Crippen LogP contribution in [0, 0.1) is 11.3 Å². The number of rotatable bonds is 3. The molecule has 130 valence electrons. The van der Waals surface area contributed by atoms with Gasteiger partial charge in [0.2, 0.25) is 0 Å². The normalized spacial score (nSPS) is 16.6. The molecule has 1 aliphatic rings. The van der Waals surface area contributed by atoms with E-state index in [1.165, 1.54) is 11.3 Å². The minimum absolute atomic E-state index is 0.296. The number of hydrogen-bond acceptors (Lipinski definition) is 7. The molecule has 1 saturated heterocycles. The number of aromatic nitrogens is 2. The number of hydrogen-bond donors (Lipinski definition) is 2. The van der Waals surface area contributed by atoms with Crippen molar-refractivity contribution in [3.05, 3.63) is 47.5 Å². The molecule has 7 heteroatoms. The highest BCUT2D eigenvalue weighted by Crippen LogP contribution is 2.33. The summed E-state index contributed by atoms with van der Waals surface area (Å²) in [7, 11) is 0.